The highest BCUT2D eigenvalue weighted by atomic mass is 16.2. The summed E-state index contributed by atoms with van der Waals surface area (Å²) >= 11 is 0. The van der Waals surface area contributed by atoms with Crippen LogP contribution in [0.3, 0.4) is 0 Å². The van der Waals surface area contributed by atoms with Gasteiger partial charge in [0.25, 0.3) is 0 Å². The van der Waals surface area contributed by atoms with Crippen molar-refractivity contribution >= 4 is 34.4 Å². The predicted molar refractivity (Wildman–Crippen MR) is 157 cm³/mol. The van der Waals surface area contributed by atoms with Crippen LogP contribution in [0.4, 0.5) is 5.69 Å². The molecule has 1 aromatic carbocycles. The van der Waals surface area contributed by atoms with E-state index in [1.807, 2.05) is 12.1 Å². The van der Waals surface area contributed by atoms with Crippen LogP contribution >= 0.6 is 0 Å². The van der Waals surface area contributed by atoms with E-state index >= 15 is 0 Å². The molecule has 0 aliphatic heterocycles. The van der Waals surface area contributed by atoms with E-state index in [0.717, 1.165) is 55.9 Å². The fourth-order valence-corrected chi connectivity index (χ4v) is 6.48. The molecule has 0 fully saturated rings. The van der Waals surface area contributed by atoms with E-state index in [4.69, 9.17) is 0 Å². The zero-order valence-corrected chi connectivity index (χ0v) is 23.7. The number of carbonyl (C=O) groups is 4. The molecule has 5 nitrogen and oxygen atoms in total. The Morgan fingerprint density at radius 3 is 1.49 bits per heavy atom. The molecule has 0 N–H and O–H groups in total. The number of rotatable bonds is 16. The lowest BCUT2D eigenvalue weighted by Gasteiger charge is -2.54. The fourth-order valence-electron chi connectivity index (χ4n) is 6.48. The van der Waals surface area contributed by atoms with Gasteiger partial charge in [-0.2, -0.15) is 0 Å². The molecule has 4 rings (SSSR count). The first kappa shape index (κ1) is 28.9. The van der Waals surface area contributed by atoms with Crippen LogP contribution in [-0.2, 0) is 19.2 Å². The molecular weight excluding hydrogens is 486 g/mol. The van der Waals surface area contributed by atoms with Crippen LogP contribution in [-0.4, -0.2) is 36.2 Å². The monoisotopic (exact) mass is 529 g/mol. The van der Waals surface area contributed by atoms with Crippen LogP contribution in [0, 0.1) is 10.8 Å². The van der Waals surface area contributed by atoms with Gasteiger partial charge < -0.3 is 4.90 Å². The first-order valence-corrected chi connectivity index (χ1v) is 15.1. The van der Waals surface area contributed by atoms with E-state index in [9.17, 15) is 19.2 Å². The molecular formula is C34H43NO4. The molecule has 3 aliphatic carbocycles. The van der Waals surface area contributed by atoms with E-state index in [-0.39, 0.29) is 0 Å². The minimum atomic E-state index is -1.76. The lowest BCUT2D eigenvalue weighted by molar-refractivity contribution is -0.154. The van der Waals surface area contributed by atoms with Gasteiger partial charge in [0.15, 0.2) is 23.1 Å². The average molecular weight is 530 g/mol. The summed E-state index contributed by atoms with van der Waals surface area (Å²) in [6.07, 6.45) is 21.2. The number of unbranched alkanes of at least 4 members (excludes halogenated alkanes) is 10. The topological polar surface area (TPSA) is 71.5 Å². The van der Waals surface area contributed by atoms with Gasteiger partial charge in [-0.1, -0.05) is 96.3 Å². The van der Waals surface area contributed by atoms with E-state index in [1.165, 1.54) is 64.2 Å². The maximum atomic E-state index is 13.2. The molecule has 0 unspecified atom stereocenters. The second kappa shape index (κ2) is 12.8. The normalized spacial score (nSPS) is 23.4. The summed E-state index contributed by atoms with van der Waals surface area (Å²) in [7, 11) is 0. The summed E-state index contributed by atoms with van der Waals surface area (Å²) in [5.74, 6) is -1.96. The Kier molecular flexibility index (Phi) is 9.53. The summed E-state index contributed by atoms with van der Waals surface area (Å²) in [6.45, 7) is 6.49. The molecule has 0 aromatic heterocycles. The molecule has 0 saturated carbocycles. The van der Waals surface area contributed by atoms with Crippen molar-refractivity contribution in [2.24, 2.45) is 10.8 Å². The lowest BCUT2D eigenvalue weighted by atomic mass is 9.40. The number of allylic oxidation sites excluding steroid dienone is 6. The van der Waals surface area contributed by atoms with Gasteiger partial charge >= 0.3 is 0 Å². The third kappa shape index (κ3) is 5.25. The molecule has 0 radical (unpaired) electrons. The zero-order chi connectivity index (χ0) is 27.9. The summed E-state index contributed by atoms with van der Waals surface area (Å²) in [5.41, 5.74) is -1.18. The first-order chi connectivity index (χ1) is 18.9. The molecule has 5 heteroatoms. The molecule has 3 aliphatic rings. The minimum Gasteiger partial charge on any atom is -0.372 e. The third-order valence-corrected chi connectivity index (χ3v) is 8.75. The third-order valence-electron chi connectivity index (χ3n) is 8.75. The Labute approximate surface area is 233 Å². The number of anilines is 1. The number of nitrogens with zero attached hydrogens (tertiary/aromatic N) is 1. The van der Waals surface area contributed by atoms with E-state index in [1.54, 1.807) is 6.08 Å². The smallest absolute Gasteiger partial charge is 0.175 e. The van der Waals surface area contributed by atoms with Gasteiger partial charge in [0.2, 0.25) is 0 Å². The van der Waals surface area contributed by atoms with Gasteiger partial charge in [0, 0.05) is 18.8 Å². The summed E-state index contributed by atoms with van der Waals surface area (Å²) in [5, 5.41) is 0. The highest BCUT2D eigenvalue weighted by Gasteiger charge is 2.75. The maximum absolute atomic E-state index is 13.2. The second-order valence-electron chi connectivity index (χ2n) is 11.3. The van der Waals surface area contributed by atoms with Crippen molar-refractivity contribution in [2.45, 2.75) is 90.9 Å². The van der Waals surface area contributed by atoms with Gasteiger partial charge in [0.1, 0.15) is 10.8 Å². The Balaban J connectivity index is 1.51. The second-order valence-corrected chi connectivity index (χ2v) is 11.3. The standard InChI is InChI=1S/C34H43NO4/c1-3-5-7-9-11-13-23-35(24-14-12-10-8-6-4-2)27-17-15-26(16-18-27)28-25-33-29(36)19-21-31(38)34(28,33)32(39)22-20-30(33)37/h15-22,25H,3-14,23-24H2,1-2H3. The minimum absolute atomic E-state index is 0.470. The van der Waals surface area contributed by atoms with Crippen LogP contribution in [0.1, 0.15) is 96.5 Å². The molecule has 0 spiro atoms. The summed E-state index contributed by atoms with van der Waals surface area (Å²) in [4.78, 5) is 54.6. The molecule has 208 valence electrons. The number of benzene rings is 1. The molecule has 0 atom stereocenters. The van der Waals surface area contributed by atoms with Crippen molar-refractivity contribution in [2.75, 3.05) is 18.0 Å². The van der Waals surface area contributed by atoms with Crippen molar-refractivity contribution in [3.8, 4) is 0 Å². The Morgan fingerprint density at radius 2 is 1.00 bits per heavy atom. The first-order valence-electron chi connectivity index (χ1n) is 15.1. The molecule has 0 amide bonds. The van der Waals surface area contributed by atoms with E-state index in [2.05, 4.69) is 30.9 Å². The number of carbonyl (C=O) groups excluding carboxylic acids is 4. The van der Waals surface area contributed by atoms with Gasteiger partial charge in [-0.15, -0.1) is 0 Å². The molecule has 0 heterocycles. The predicted octanol–water partition coefficient (Wildman–Crippen LogP) is 7.00. The van der Waals surface area contributed by atoms with E-state index in [0.29, 0.717) is 11.1 Å². The zero-order valence-electron chi connectivity index (χ0n) is 23.7. The van der Waals surface area contributed by atoms with Crippen molar-refractivity contribution in [1.29, 1.82) is 0 Å². The molecule has 1 aromatic rings. The fraction of sp³-hybridized carbons (Fsp3) is 0.529. The molecule has 39 heavy (non-hydrogen) atoms. The van der Waals surface area contributed by atoms with E-state index < -0.39 is 34.0 Å². The summed E-state index contributed by atoms with van der Waals surface area (Å²) < 4.78 is 0. The van der Waals surface area contributed by atoms with Crippen LogP contribution in [0.25, 0.3) is 5.57 Å². The summed E-state index contributed by atoms with van der Waals surface area (Å²) in [6, 6.07) is 7.97. The van der Waals surface area contributed by atoms with Gasteiger partial charge in [-0.3, -0.25) is 19.2 Å². The van der Waals surface area contributed by atoms with Crippen molar-refractivity contribution in [3.63, 3.8) is 0 Å². The van der Waals surface area contributed by atoms with Gasteiger partial charge in [-0.25, -0.2) is 0 Å². The highest BCUT2D eigenvalue weighted by molar-refractivity contribution is 6.42. The van der Waals surface area contributed by atoms with Crippen LogP contribution in [0.15, 0.2) is 54.6 Å². The van der Waals surface area contributed by atoms with Crippen molar-refractivity contribution < 1.29 is 19.2 Å². The van der Waals surface area contributed by atoms with Crippen LogP contribution in [0.5, 0.6) is 0 Å². The van der Waals surface area contributed by atoms with Crippen molar-refractivity contribution in [3.05, 3.63) is 60.2 Å². The Bertz CT molecular complexity index is 1120. The Hall–Kier alpha value is -3.08. The van der Waals surface area contributed by atoms with Crippen molar-refractivity contribution in [1.82, 2.24) is 0 Å². The quantitative estimate of drug-likeness (QED) is 0.170. The molecule has 0 saturated heterocycles. The van der Waals surface area contributed by atoms with Crippen LogP contribution < -0.4 is 4.90 Å². The highest BCUT2D eigenvalue weighted by Crippen LogP contribution is 2.64. The average Bonchev–Trinajstić information content (AvgIpc) is 2.92. The van der Waals surface area contributed by atoms with Crippen LogP contribution in [0.2, 0.25) is 0 Å². The SMILES string of the molecule is CCCCCCCCN(CCCCCCCC)c1ccc(C2=CC34C(=O)C=CC(=O)C23C(=O)C=CC4=O)cc1. The number of hydrogen-bond donors (Lipinski definition) is 0. The number of hydrogen-bond acceptors (Lipinski definition) is 5. The largest absolute Gasteiger partial charge is 0.372 e. The lowest BCUT2D eigenvalue weighted by Crippen LogP contribution is -2.67. The number of ketones is 4. The molecule has 0 bridgehead atoms. The maximum Gasteiger partial charge on any atom is 0.175 e. The van der Waals surface area contributed by atoms with Gasteiger partial charge in [-0.05, 0) is 60.4 Å². The Morgan fingerprint density at radius 1 is 0.564 bits per heavy atom. The van der Waals surface area contributed by atoms with Gasteiger partial charge in [0.05, 0.1) is 0 Å².